The maximum absolute atomic E-state index is 12.0. The second-order valence-corrected chi connectivity index (χ2v) is 8.13. The molecule has 116 valence electrons. The van der Waals surface area contributed by atoms with Crippen molar-refractivity contribution in [2.24, 2.45) is 0 Å². The number of rotatable bonds is 4. The molecule has 0 radical (unpaired) electrons. The Morgan fingerprint density at radius 3 is 2.57 bits per heavy atom. The monoisotopic (exact) mass is 309 g/mol. The summed E-state index contributed by atoms with van der Waals surface area (Å²) in [6.45, 7) is 2.86. The molecule has 0 aromatic carbocycles. The zero-order valence-corrected chi connectivity index (χ0v) is 13.4. The summed E-state index contributed by atoms with van der Waals surface area (Å²) < 4.78 is 24.0. The molecular weight excluding hydrogens is 286 g/mol. The van der Waals surface area contributed by atoms with Gasteiger partial charge in [0.1, 0.15) is 10.7 Å². The summed E-state index contributed by atoms with van der Waals surface area (Å²) in [4.78, 5) is 6.92. The molecule has 5 nitrogen and oxygen atoms in total. The van der Waals surface area contributed by atoms with E-state index in [2.05, 4.69) is 22.1 Å². The van der Waals surface area contributed by atoms with Crippen molar-refractivity contribution in [1.82, 2.24) is 10.3 Å². The first-order valence-corrected chi connectivity index (χ1v) is 9.56. The number of hydrogen-bond donors (Lipinski definition) is 1. The van der Waals surface area contributed by atoms with Gasteiger partial charge in [-0.25, -0.2) is 13.4 Å². The Labute approximate surface area is 126 Å². The van der Waals surface area contributed by atoms with E-state index >= 15 is 0 Å². The molecule has 2 atom stereocenters. The van der Waals surface area contributed by atoms with Crippen LogP contribution in [0.2, 0.25) is 0 Å². The van der Waals surface area contributed by atoms with Gasteiger partial charge in [0.2, 0.25) is 0 Å². The number of hydrogen-bond acceptors (Lipinski definition) is 5. The molecule has 0 saturated carbocycles. The van der Waals surface area contributed by atoms with Crippen LogP contribution in [-0.4, -0.2) is 44.3 Å². The van der Waals surface area contributed by atoms with E-state index in [4.69, 9.17) is 0 Å². The third kappa shape index (κ3) is 2.92. The van der Waals surface area contributed by atoms with E-state index in [1.165, 1.54) is 19.1 Å². The zero-order valence-electron chi connectivity index (χ0n) is 12.6. The number of sulfone groups is 1. The zero-order chi connectivity index (χ0) is 15.0. The predicted octanol–water partition coefficient (Wildman–Crippen LogP) is 1.59. The molecule has 3 rings (SSSR count). The summed E-state index contributed by atoms with van der Waals surface area (Å²) in [5, 5.41) is 3.63. The Bertz CT molecular complexity index is 605. The quantitative estimate of drug-likeness (QED) is 0.915. The number of pyridine rings is 1. The second kappa shape index (κ2) is 5.57. The van der Waals surface area contributed by atoms with Crippen LogP contribution in [0.1, 0.15) is 32.6 Å². The van der Waals surface area contributed by atoms with Gasteiger partial charge in [-0.15, -0.1) is 0 Å². The summed E-state index contributed by atoms with van der Waals surface area (Å²) in [5.41, 5.74) is 0. The van der Waals surface area contributed by atoms with Gasteiger partial charge in [-0.2, -0.15) is 0 Å². The van der Waals surface area contributed by atoms with Crippen LogP contribution in [0.4, 0.5) is 5.82 Å². The lowest BCUT2D eigenvalue weighted by molar-refractivity contribution is 0.347. The van der Waals surface area contributed by atoms with Crippen molar-refractivity contribution in [2.45, 2.75) is 55.6 Å². The third-order valence-corrected chi connectivity index (χ3v) is 5.77. The highest BCUT2D eigenvalue weighted by molar-refractivity contribution is 7.90. The van der Waals surface area contributed by atoms with Crippen molar-refractivity contribution in [2.75, 3.05) is 17.7 Å². The van der Waals surface area contributed by atoms with Crippen molar-refractivity contribution in [1.29, 1.82) is 0 Å². The smallest absolute Gasteiger partial charge is 0.179 e. The first kappa shape index (κ1) is 14.8. The number of fused-ring (bicyclic) bond motifs is 2. The van der Waals surface area contributed by atoms with Crippen LogP contribution in [0, 0.1) is 0 Å². The lowest BCUT2D eigenvalue weighted by Crippen LogP contribution is -2.48. The Hall–Kier alpha value is -1.14. The van der Waals surface area contributed by atoms with Crippen molar-refractivity contribution in [3.63, 3.8) is 0 Å². The molecule has 1 aromatic heterocycles. The van der Waals surface area contributed by atoms with E-state index < -0.39 is 9.84 Å². The minimum atomic E-state index is -3.26. The molecule has 21 heavy (non-hydrogen) atoms. The van der Waals surface area contributed by atoms with E-state index in [0.29, 0.717) is 28.8 Å². The van der Waals surface area contributed by atoms with Gasteiger partial charge in [0.05, 0.1) is 0 Å². The van der Waals surface area contributed by atoms with Gasteiger partial charge >= 0.3 is 0 Å². The predicted molar refractivity (Wildman–Crippen MR) is 83.3 cm³/mol. The van der Waals surface area contributed by atoms with Crippen LogP contribution in [0.3, 0.4) is 0 Å². The summed E-state index contributed by atoms with van der Waals surface area (Å²) >= 11 is 0. The number of aromatic nitrogens is 1. The van der Waals surface area contributed by atoms with Gasteiger partial charge in [-0.1, -0.05) is 0 Å². The first-order valence-electron chi connectivity index (χ1n) is 7.66. The highest BCUT2D eigenvalue weighted by atomic mass is 32.2. The normalized spacial score (nSPS) is 28.6. The molecule has 2 saturated heterocycles. The fourth-order valence-electron chi connectivity index (χ4n) is 3.75. The van der Waals surface area contributed by atoms with Gasteiger partial charge in [0.15, 0.2) is 9.84 Å². The number of anilines is 1. The molecule has 2 fully saturated rings. The van der Waals surface area contributed by atoms with E-state index in [1.54, 1.807) is 18.3 Å². The van der Waals surface area contributed by atoms with E-state index in [1.807, 2.05) is 0 Å². The molecule has 0 amide bonds. The fraction of sp³-hybridized carbons (Fsp3) is 0.667. The Balaban J connectivity index is 1.94. The van der Waals surface area contributed by atoms with Crippen molar-refractivity contribution < 1.29 is 8.42 Å². The molecule has 1 N–H and O–H groups in total. The standard InChI is InChI=1S/C15H23N3O2S/c1-3-18(13-9-11-6-7-12(10-13)17-11)15-14(21(2,19)20)5-4-8-16-15/h4-5,8,11-13,17H,3,6-7,9-10H2,1-2H3. The summed E-state index contributed by atoms with van der Waals surface area (Å²) in [5.74, 6) is 0.619. The summed E-state index contributed by atoms with van der Waals surface area (Å²) in [7, 11) is -3.26. The minimum absolute atomic E-state index is 0.345. The van der Waals surface area contributed by atoms with Gasteiger partial charge in [-0.05, 0) is 44.7 Å². The molecule has 2 unspecified atom stereocenters. The van der Waals surface area contributed by atoms with Crippen LogP contribution in [0.25, 0.3) is 0 Å². The molecule has 6 heteroatoms. The average Bonchev–Trinajstić information content (AvgIpc) is 2.78. The summed E-state index contributed by atoms with van der Waals surface area (Å²) in [6.07, 6.45) is 7.56. The molecule has 3 heterocycles. The van der Waals surface area contributed by atoms with Crippen LogP contribution < -0.4 is 10.2 Å². The topological polar surface area (TPSA) is 62.3 Å². The second-order valence-electron chi connectivity index (χ2n) is 6.15. The summed E-state index contributed by atoms with van der Waals surface area (Å²) in [6, 6.07) is 4.89. The highest BCUT2D eigenvalue weighted by Crippen LogP contribution is 2.33. The van der Waals surface area contributed by atoms with Gasteiger partial charge < -0.3 is 10.2 Å². The minimum Gasteiger partial charge on any atom is -0.353 e. The number of nitrogens with zero attached hydrogens (tertiary/aromatic N) is 2. The maximum Gasteiger partial charge on any atom is 0.179 e. The fourth-order valence-corrected chi connectivity index (χ4v) is 4.58. The van der Waals surface area contributed by atoms with Gasteiger partial charge in [-0.3, -0.25) is 0 Å². The Morgan fingerprint density at radius 2 is 2.00 bits per heavy atom. The molecule has 0 aliphatic carbocycles. The molecule has 2 bridgehead atoms. The molecule has 2 aliphatic rings. The van der Waals surface area contributed by atoms with Crippen molar-refractivity contribution in [3.05, 3.63) is 18.3 Å². The van der Waals surface area contributed by atoms with E-state index in [9.17, 15) is 8.42 Å². The lowest BCUT2D eigenvalue weighted by atomic mass is 9.98. The van der Waals surface area contributed by atoms with Crippen LogP contribution >= 0.6 is 0 Å². The number of piperidine rings is 1. The van der Waals surface area contributed by atoms with E-state index in [-0.39, 0.29) is 0 Å². The van der Waals surface area contributed by atoms with E-state index in [0.717, 1.165) is 19.4 Å². The molecule has 2 aliphatic heterocycles. The highest BCUT2D eigenvalue weighted by Gasteiger charge is 2.37. The largest absolute Gasteiger partial charge is 0.353 e. The molecule has 1 aromatic rings. The molecular formula is C15H23N3O2S. The van der Waals surface area contributed by atoms with Gasteiger partial charge in [0.25, 0.3) is 0 Å². The van der Waals surface area contributed by atoms with Gasteiger partial charge in [0, 0.05) is 37.1 Å². The van der Waals surface area contributed by atoms with Crippen LogP contribution in [-0.2, 0) is 9.84 Å². The lowest BCUT2D eigenvalue weighted by Gasteiger charge is -2.38. The molecule has 0 spiro atoms. The third-order valence-electron chi connectivity index (χ3n) is 4.65. The van der Waals surface area contributed by atoms with Crippen molar-refractivity contribution >= 4 is 15.7 Å². The van der Waals surface area contributed by atoms with Crippen LogP contribution in [0.15, 0.2) is 23.2 Å². The first-order chi connectivity index (χ1) is 9.99. The average molecular weight is 309 g/mol. The van der Waals surface area contributed by atoms with Crippen LogP contribution in [0.5, 0.6) is 0 Å². The maximum atomic E-state index is 12.0. The Kier molecular flexibility index (Phi) is 3.92. The Morgan fingerprint density at radius 1 is 1.33 bits per heavy atom. The SMILES string of the molecule is CCN(c1ncccc1S(C)(=O)=O)C1CC2CCC(C1)N2. The number of nitrogens with one attached hydrogen (secondary N) is 1. The van der Waals surface area contributed by atoms with Crippen molar-refractivity contribution in [3.8, 4) is 0 Å².